The van der Waals surface area contributed by atoms with Crippen LogP contribution in [-0.4, -0.2) is 17.2 Å². The highest BCUT2D eigenvalue weighted by Gasteiger charge is 2.04. The molecule has 1 heterocycles. The maximum absolute atomic E-state index is 11.4. The van der Waals surface area contributed by atoms with Crippen molar-refractivity contribution in [2.45, 2.75) is 20.0 Å². The van der Waals surface area contributed by atoms with Crippen LogP contribution in [0.1, 0.15) is 12.6 Å². The molecule has 2 N–H and O–H groups in total. The minimum absolute atomic E-state index is 0.0655. The second-order valence-electron chi connectivity index (χ2n) is 3.39. The molecule has 0 saturated carbocycles. The van der Waals surface area contributed by atoms with Gasteiger partial charge in [0.15, 0.2) is 0 Å². The van der Waals surface area contributed by atoms with E-state index < -0.39 is 0 Å². The molecule has 1 rings (SSSR count). The van der Waals surface area contributed by atoms with Crippen LogP contribution in [0.3, 0.4) is 0 Å². The summed E-state index contributed by atoms with van der Waals surface area (Å²) in [6.07, 6.45) is -0.0680. The Morgan fingerprint density at radius 1 is 1.57 bits per heavy atom. The largest absolute Gasteiger partial charge is 0.489 e. The third-order valence-electron chi connectivity index (χ3n) is 2.15. The second-order valence-corrected chi connectivity index (χ2v) is 3.39. The van der Waals surface area contributed by atoms with Crippen LogP contribution in [0.5, 0.6) is 5.75 Å². The number of aromatic nitrogens is 1. The van der Waals surface area contributed by atoms with Gasteiger partial charge in [0.2, 0.25) is 0 Å². The summed E-state index contributed by atoms with van der Waals surface area (Å²) in [6, 6.07) is 3.30. The van der Waals surface area contributed by atoms with Crippen molar-refractivity contribution in [2.24, 2.45) is 12.8 Å². The molecule has 0 fully saturated rings. The zero-order valence-electron chi connectivity index (χ0n) is 8.78. The summed E-state index contributed by atoms with van der Waals surface area (Å²) >= 11 is 0. The minimum Gasteiger partial charge on any atom is -0.489 e. The van der Waals surface area contributed by atoms with E-state index in [1.807, 2.05) is 19.9 Å². The average Bonchev–Trinajstić information content (AvgIpc) is 2.14. The Hall–Kier alpha value is -1.29. The molecule has 0 spiro atoms. The number of hydrogen-bond donors (Lipinski definition) is 1. The third kappa shape index (κ3) is 2.35. The van der Waals surface area contributed by atoms with E-state index in [0.29, 0.717) is 12.3 Å². The van der Waals surface area contributed by atoms with Crippen LogP contribution in [0, 0.1) is 6.92 Å². The Labute approximate surface area is 83.3 Å². The average molecular weight is 196 g/mol. The predicted octanol–water partition coefficient (Wildman–Crippen LogP) is 0.420. The van der Waals surface area contributed by atoms with Crippen LogP contribution < -0.4 is 16.0 Å². The monoisotopic (exact) mass is 196 g/mol. The molecule has 0 aromatic carbocycles. The van der Waals surface area contributed by atoms with E-state index in [-0.39, 0.29) is 11.7 Å². The van der Waals surface area contributed by atoms with E-state index in [1.165, 1.54) is 6.07 Å². The zero-order chi connectivity index (χ0) is 10.7. The molecule has 0 aliphatic heterocycles. The lowest BCUT2D eigenvalue weighted by Gasteiger charge is -2.13. The molecule has 78 valence electrons. The molecule has 14 heavy (non-hydrogen) atoms. The molecule has 1 aromatic heterocycles. The second kappa shape index (κ2) is 4.28. The van der Waals surface area contributed by atoms with E-state index in [1.54, 1.807) is 11.6 Å². The number of aryl methyl sites for hydroxylation is 1. The summed E-state index contributed by atoms with van der Waals surface area (Å²) < 4.78 is 7.01. The summed E-state index contributed by atoms with van der Waals surface area (Å²) in [7, 11) is 1.73. The number of nitrogens with two attached hydrogens (primary N) is 1. The molecule has 0 radical (unpaired) electrons. The first-order valence-electron chi connectivity index (χ1n) is 4.59. The van der Waals surface area contributed by atoms with Gasteiger partial charge >= 0.3 is 0 Å². The van der Waals surface area contributed by atoms with Crippen LogP contribution >= 0.6 is 0 Å². The topological polar surface area (TPSA) is 57.2 Å². The Morgan fingerprint density at radius 2 is 2.21 bits per heavy atom. The molecule has 0 amide bonds. The lowest BCUT2D eigenvalue weighted by atomic mass is 10.3. The minimum atomic E-state index is -0.0680. The summed E-state index contributed by atoms with van der Waals surface area (Å²) in [5.74, 6) is 0.587. The van der Waals surface area contributed by atoms with Gasteiger partial charge in [0.25, 0.3) is 5.56 Å². The molecule has 0 aliphatic rings. The summed E-state index contributed by atoms with van der Waals surface area (Å²) in [5.41, 5.74) is 6.22. The van der Waals surface area contributed by atoms with Crippen LogP contribution in [-0.2, 0) is 7.05 Å². The fourth-order valence-corrected chi connectivity index (χ4v) is 1.09. The lowest BCUT2D eigenvalue weighted by Crippen LogP contribution is -2.25. The highest BCUT2D eigenvalue weighted by atomic mass is 16.5. The van der Waals surface area contributed by atoms with Crippen LogP contribution in [0.4, 0.5) is 0 Å². The zero-order valence-corrected chi connectivity index (χ0v) is 8.78. The first-order valence-corrected chi connectivity index (χ1v) is 4.59. The Balaban J connectivity index is 2.96. The number of hydrogen-bond acceptors (Lipinski definition) is 3. The van der Waals surface area contributed by atoms with Crippen molar-refractivity contribution in [1.82, 2.24) is 4.57 Å². The molecule has 1 atom stereocenters. The fourth-order valence-electron chi connectivity index (χ4n) is 1.09. The molecule has 0 saturated heterocycles. The molecular weight excluding hydrogens is 180 g/mol. The Bertz CT molecular complexity index is 371. The van der Waals surface area contributed by atoms with Crippen LogP contribution in [0.2, 0.25) is 0 Å². The maximum atomic E-state index is 11.4. The Morgan fingerprint density at radius 3 is 2.71 bits per heavy atom. The first-order chi connectivity index (χ1) is 6.54. The van der Waals surface area contributed by atoms with Gasteiger partial charge in [0.05, 0.1) is 0 Å². The molecular formula is C10H16N2O2. The smallest absolute Gasteiger partial charge is 0.254 e. The summed E-state index contributed by atoms with van der Waals surface area (Å²) in [4.78, 5) is 11.4. The van der Waals surface area contributed by atoms with Gasteiger partial charge in [-0.15, -0.1) is 0 Å². The van der Waals surface area contributed by atoms with Crippen molar-refractivity contribution in [3.63, 3.8) is 0 Å². The van der Waals surface area contributed by atoms with Gasteiger partial charge in [-0.3, -0.25) is 4.79 Å². The normalized spacial score (nSPS) is 12.6. The van der Waals surface area contributed by atoms with E-state index in [0.717, 1.165) is 5.69 Å². The van der Waals surface area contributed by atoms with Crippen molar-refractivity contribution in [3.05, 3.63) is 28.2 Å². The summed E-state index contributed by atoms with van der Waals surface area (Å²) in [6.45, 7) is 4.17. The standard InChI is InChI=1S/C10H16N2O2/c1-7-4-9(14-8(2)6-11)5-10(13)12(7)3/h4-5,8H,6,11H2,1-3H3/t8-/m1/s1. The first kappa shape index (κ1) is 10.8. The quantitative estimate of drug-likeness (QED) is 0.762. The number of nitrogens with zero attached hydrogens (tertiary/aromatic N) is 1. The molecule has 4 nitrogen and oxygen atoms in total. The summed E-state index contributed by atoms with van der Waals surface area (Å²) in [5, 5.41) is 0. The van der Waals surface area contributed by atoms with Gasteiger partial charge in [-0.25, -0.2) is 0 Å². The number of ether oxygens (including phenoxy) is 1. The van der Waals surface area contributed by atoms with E-state index in [9.17, 15) is 4.79 Å². The van der Waals surface area contributed by atoms with Gasteiger partial charge in [0.1, 0.15) is 11.9 Å². The molecule has 0 bridgehead atoms. The van der Waals surface area contributed by atoms with Gasteiger partial charge in [0, 0.05) is 25.4 Å². The fraction of sp³-hybridized carbons (Fsp3) is 0.500. The van der Waals surface area contributed by atoms with Crippen LogP contribution in [0.15, 0.2) is 16.9 Å². The van der Waals surface area contributed by atoms with E-state index in [2.05, 4.69) is 0 Å². The predicted molar refractivity (Wildman–Crippen MR) is 55.6 cm³/mol. The lowest BCUT2D eigenvalue weighted by molar-refractivity contribution is 0.229. The van der Waals surface area contributed by atoms with E-state index in [4.69, 9.17) is 10.5 Å². The highest BCUT2D eigenvalue weighted by molar-refractivity contribution is 5.23. The molecule has 1 aromatic rings. The van der Waals surface area contributed by atoms with Gasteiger partial charge in [-0.05, 0) is 19.9 Å². The van der Waals surface area contributed by atoms with E-state index >= 15 is 0 Å². The molecule has 4 heteroatoms. The van der Waals surface area contributed by atoms with Crippen molar-refractivity contribution in [1.29, 1.82) is 0 Å². The van der Waals surface area contributed by atoms with Gasteiger partial charge in [-0.2, -0.15) is 0 Å². The van der Waals surface area contributed by atoms with Crippen molar-refractivity contribution in [2.75, 3.05) is 6.54 Å². The van der Waals surface area contributed by atoms with Crippen molar-refractivity contribution in [3.8, 4) is 5.75 Å². The van der Waals surface area contributed by atoms with Crippen molar-refractivity contribution >= 4 is 0 Å². The molecule has 0 aliphatic carbocycles. The Kier molecular flexibility index (Phi) is 3.30. The third-order valence-corrected chi connectivity index (χ3v) is 2.15. The molecule has 0 unspecified atom stereocenters. The number of pyridine rings is 1. The highest BCUT2D eigenvalue weighted by Crippen LogP contribution is 2.10. The van der Waals surface area contributed by atoms with Crippen molar-refractivity contribution < 1.29 is 4.74 Å². The van der Waals surface area contributed by atoms with Gasteiger partial charge < -0.3 is 15.0 Å². The van der Waals surface area contributed by atoms with Crippen LogP contribution in [0.25, 0.3) is 0 Å². The SMILES string of the molecule is Cc1cc(O[C@H](C)CN)cc(=O)n1C. The van der Waals surface area contributed by atoms with Gasteiger partial charge in [-0.1, -0.05) is 0 Å². The maximum Gasteiger partial charge on any atom is 0.254 e. The number of rotatable bonds is 3.